The predicted octanol–water partition coefficient (Wildman–Crippen LogP) is 7.12. The van der Waals surface area contributed by atoms with Gasteiger partial charge in [-0.2, -0.15) is 4.57 Å². The number of fused-ring (bicyclic) bond motifs is 3. The molecule has 2 aromatic heterocycles. The third-order valence-electron chi connectivity index (χ3n) is 6.33. The summed E-state index contributed by atoms with van der Waals surface area (Å²) in [5, 5.41) is 0.917. The summed E-state index contributed by atoms with van der Waals surface area (Å²) in [6.45, 7) is 2.00. The van der Waals surface area contributed by atoms with Gasteiger partial charge in [-0.3, -0.25) is 0 Å². The van der Waals surface area contributed by atoms with Gasteiger partial charge in [0.2, 0.25) is 0 Å². The van der Waals surface area contributed by atoms with Gasteiger partial charge in [0.15, 0.2) is 0 Å². The Morgan fingerprint density at radius 2 is 1.59 bits per heavy atom. The van der Waals surface area contributed by atoms with Crippen molar-refractivity contribution in [1.82, 2.24) is 4.57 Å². The van der Waals surface area contributed by atoms with Crippen LogP contribution in [0.1, 0.15) is 5.56 Å². The molecule has 2 heterocycles. The second-order valence-corrected chi connectivity index (χ2v) is 8.51. The highest BCUT2D eigenvalue weighted by Gasteiger charge is 2.25. The van der Waals surface area contributed by atoms with Gasteiger partial charge in [0, 0.05) is 23.1 Å². The van der Waals surface area contributed by atoms with E-state index in [1.54, 1.807) is 0 Å². The van der Waals surface area contributed by atoms with Crippen molar-refractivity contribution < 1.29 is 17.8 Å². The van der Waals surface area contributed by atoms with E-state index >= 15 is 0 Å². The third-order valence-corrected chi connectivity index (χ3v) is 6.33. The van der Waals surface area contributed by atoms with Crippen LogP contribution in [0.25, 0.3) is 50.1 Å². The van der Waals surface area contributed by atoms with Crippen LogP contribution < -0.4 is 4.57 Å². The Morgan fingerprint density at radius 1 is 0.824 bits per heavy atom. The first kappa shape index (κ1) is 20.4. The van der Waals surface area contributed by atoms with Gasteiger partial charge in [-0.25, -0.2) is 13.3 Å². The van der Waals surface area contributed by atoms with Gasteiger partial charge in [0.25, 0.3) is 5.82 Å². The maximum atomic E-state index is 14.7. The van der Waals surface area contributed by atoms with E-state index in [4.69, 9.17) is 4.42 Å². The van der Waals surface area contributed by atoms with Crippen LogP contribution in [0.4, 0.5) is 8.78 Å². The quantitative estimate of drug-likeness (QED) is 0.263. The molecule has 0 radical (unpaired) electrons. The van der Waals surface area contributed by atoms with Crippen molar-refractivity contribution in [3.8, 4) is 28.2 Å². The lowest BCUT2D eigenvalue weighted by Crippen LogP contribution is -2.29. The van der Waals surface area contributed by atoms with Crippen molar-refractivity contribution in [3.05, 3.63) is 108 Å². The molecule has 0 atom stereocenters. The molecule has 0 fully saturated rings. The van der Waals surface area contributed by atoms with Gasteiger partial charge in [0.1, 0.15) is 40.9 Å². The standard InChI is InChI=1S/C29H21F2N2O/c1-18-14-26-23(28-24(31)15-20(30)16-27(28)34-26)17-22(18)29-32(2)12-13-33(29)25-11-7-6-10-21(25)19-8-4-3-5-9-19/h3-17H,1-2H3/q+1. The van der Waals surface area contributed by atoms with Crippen molar-refractivity contribution in [1.29, 1.82) is 0 Å². The van der Waals surface area contributed by atoms with E-state index in [0.29, 0.717) is 16.4 Å². The Bertz CT molecular complexity index is 1700. The first-order valence-corrected chi connectivity index (χ1v) is 11.1. The normalized spacial score (nSPS) is 11.5. The van der Waals surface area contributed by atoms with Gasteiger partial charge in [-0.05, 0) is 36.2 Å². The van der Waals surface area contributed by atoms with E-state index in [0.717, 1.165) is 39.8 Å². The highest BCUT2D eigenvalue weighted by atomic mass is 19.1. The highest BCUT2D eigenvalue weighted by molar-refractivity contribution is 6.06. The van der Waals surface area contributed by atoms with Crippen LogP contribution in [-0.4, -0.2) is 4.57 Å². The van der Waals surface area contributed by atoms with E-state index in [1.807, 2.05) is 73.4 Å². The summed E-state index contributed by atoms with van der Waals surface area (Å²) >= 11 is 0. The van der Waals surface area contributed by atoms with Crippen molar-refractivity contribution in [2.75, 3.05) is 0 Å². The maximum absolute atomic E-state index is 14.7. The molecule has 0 spiro atoms. The summed E-state index contributed by atoms with van der Waals surface area (Å²) in [7, 11) is 1.99. The Kier molecular flexibility index (Phi) is 4.59. The lowest BCUT2D eigenvalue weighted by atomic mass is 10.0. The van der Waals surface area contributed by atoms with E-state index in [9.17, 15) is 8.78 Å². The smallest absolute Gasteiger partial charge is 0.294 e. The number of furan rings is 1. The zero-order chi connectivity index (χ0) is 23.4. The largest absolute Gasteiger partial charge is 0.456 e. The number of nitrogens with zero attached hydrogens (tertiary/aromatic N) is 2. The van der Waals surface area contributed by atoms with E-state index < -0.39 is 11.6 Å². The van der Waals surface area contributed by atoms with Crippen LogP contribution in [0.15, 0.2) is 95.7 Å². The molecule has 0 unspecified atom stereocenters. The fraction of sp³-hybridized carbons (Fsp3) is 0.0690. The molecular weight excluding hydrogens is 430 g/mol. The number of aromatic nitrogens is 2. The summed E-state index contributed by atoms with van der Waals surface area (Å²) in [4.78, 5) is 0. The lowest BCUT2D eigenvalue weighted by Gasteiger charge is -2.10. The number of halogens is 2. The zero-order valence-corrected chi connectivity index (χ0v) is 18.7. The minimum Gasteiger partial charge on any atom is -0.456 e. The van der Waals surface area contributed by atoms with Crippen LogP contribution in [0.5, 0.6) is 0 Å². The summed E-state index contributed by atoms with van der Waals surface area (Å²) in [6, 6.07) is 24.5. The Labute approximate surface area is 195 Å². The van der Waals surface area contributed by atoms with Crippen molar-refractivity contribution in [2.24, 2.45) is 7.05 Å². The molecule has 0 amide bonds. The molecule has 6 aromatic rings. The average molecular weight is 451 g/mol. The number of hydrogen-bond donors (Lipinski definition) is 0. The lowest BCUT2D eigenvalue weighted by molar-refractivity contribution is -0.659. The second kappa shape index (κ2) is 7.66. The predicted molar refractivity (Wildman–Crippen MR) is 130 cm³/mol. The van der Waals surface area contributed by atoms with E-state index in [1.165, 1.54) is 6.07 Å². The van der Waals surface area contributed by atoms with Crippen molar-refractivity contribution >= 4 is 21.9 Å². The highest BCUT2D eigenvalue weighted by Crippen LogP contribution is 2.37. The molecule has 0 aliphatic carbocycles. The van der Waals surface area contributed by atoms with Gasteiger partial charge >= 0.3 is 0 Å². The monoisotopic (exact) mass is 451 g/mol. The summed E-state index contributed by atoms with van der Waals surface area (Å²) in [5.41, 5.74) is 5.92. The third kappa shape index (κ3) is 3.12. The van der Waals surface area contributed by atoms with Crippen LogP contribution in [0, 0.1) is 18.6 Å². The molecule has 0 N–H and O–H groups in total. The molecule has 0 saturated carbocycles. The molecule has 0 aliphatic rings. The fourth-order valence-electron chi connectivity index (χ4n) is 4.75. The van der Waals surface area contributed by atoms with Crippen molar-refractivity contribution in [2.45, 2.75) is 6.92 Å². The SMILES string of the molecule is Cc1cc2oc3cc(F)cc(F)c3c2cc1-c1n(-c2ccccc2-c2ccccc2)cc[n+]1C. The minimum absolute atomic E-state index is 0.207. The minimum atomic E-state index is -0.654. The van der Waals surface area contributed by atoms with Gasteiger partial charge in [0.05, 0.1) is 18.0 Å². The maximum Gasteiger partial charge on any atom is 0.294 e. The van der Waals surface area contributed by atoms with Crippen molar-refractivity contribution in [3.63, 3.8) is 0 Å². The van der Waals surface area contributed by atoms with Gasteiger partial charge < -0.3 is 4.42 Å². The molecule has 3 nitrogen and oxygen atoms in total. The van der Waals surface area contributed by atoms with Crippen LogP contribution in [-0.2, 0) is 7.05 Å². The topological polar surface area (TPSA) is 21.9 Å². The molecule has 0 aliphatic heterocycles. The molecule has 34 heavy (non-hydrogen) atoms. The molecular formula is C29H21F2N2O+. The van der Waals surface area contributed by atoms with Crippen LogP contribution in [0.3, 0.4) is 0 Å². The molecule has 166 valence electrons. The number of para-hydroxylation sites is 1. The zero-order valence-electron chi connectivity index (χ0n) is 18.7. The average Bonchev–Trinajstić information content (AvgIpc) is 3.38. The van der Waals surface area contributed by atoms with Gasteiger partial charge in [-0.1, -0.05) is 48.5 Å². The van der Waals surface area contributed by atoms with E-state index in [2.05, 4.69) is 28.8 Å². The number of aryl methyl sites for hydroxylation is 2. The summed E-state index contributed by atoms with van der Waals surface area (Å²) in [6.07, 6.45) is 4.04. The van der Waals surface area contributed by atoms with Crippen LogP contribution in [0.2, 0.25) is 0 Å². The molecule has 4 aromatic carbocycles. The fourth-order valence-corrected chi connectivity index (χ4v) is 4.75. The Balaban J connectivity index is 1.62. The Hall–Kier alpha value is -4.25. The number of rotatable bonds is 3. The number of benzene rings is 4. The Morgan fingerprint density at radius 3 is 2.41 bits per heavy atom. The molecule has 6 rings (SSSR count). The molecule has 0 saturated heterocycles. The first-order valence-electron chi connectivity index (χ1n) is 11.1. The summed E-state index contributed by atoms with van der Waals surface area (Å²) < 4.78 is 38.5. The van der Waals surface area contributed by atoms with E-state index in [-0.39, 0.29) is 5.58 Å². The first-order chi connectivity index (χ1) is 16.5. The number of imidazole rings is 1. The molecule has 0 bridgehead atoms. The van der Waals surface area contributed by atoms with Gasteiger partial charge in [-0.15, -0.1) is 0 Å². The molecule has 5 heteroatoms. The van der Waals surface area contributed by atoms with Crippen LogP contribution >= 0.6 is 0 Å². The second-order valence-electron chi connectivity index (χ2n) is 8.51. The number of hydrogen-bond acceptors (Lipinski definition) is 1. The summed E-state index contributed by atoms with van der Waals surface area (Å²) in [5.74, 6) is -0.337.